The average molecular weight is 643 g/mol. The molecule has 2 aromatic carbocycles. The summed E-state index contributed by atoms with van der Waals surface area (Å²) in [4.78, 5) is 29.5. The Morgan fingerprint density at radius 2 is 1.25 bits per heavy atom. The number of halogens is 2. The summed E-state index contributed by atoms with van der Waals surface area (Å²) in [5.41, 5.74) is 10.2. The van der Waals surface area contributed by atoms with Crippen LogP contribution in [0.25, 0.3) is 11.1 Å². The number of carbonyl (C=O) groups is 2. The molecule has 2 amide bonds. The first-order valence-electron chi connectivity index (χ1n) is 16.6. The number of amides is 2. The van der Waals surface area contributed by atoms with Gasteiger partial charge in [-0.15, -0.1) is 0 Å². The summed E-state index contributed by atoms with van der Waals surface area (Å²) < 4.78 is 0. The van der Waals surface area contributed by atoms with Gasteiger partial charge in [0.2, 0.25) is 12.3 Å². The number of piperidine rings is 3. The molecule has 0 aliphatic carbocycles. The van der Waals surface area contributed by atoms with Crippen LogP contribution in [0, 0.1) is 17.8 Å². The van der Waals surface area contributed by atoms with E-state index >= 15 is 0 Å². The highest BCUT2D eigenvalue weighted by Crippen LogP contribution is 2.34. The molecule has 0 unspecified atom stereocenters. The SMILES string of the molecule is NC(=O)CCCN1CCC(C2CCN(Cc3cc(CN4CCC(CNC=O)CC4)cc(-c4cc(Cl)cc(Cl)c4)c3)CC2)CC1. The summed E-state index contributed by atoms with van der Waals surface area (Å²) >= 11 is 12.8. The largest absolute Gasteiger partial charge is 0.370 e. The standard InChI is InChI=1S/C35H49Cl2N5O2/c36-33-19-32(20-34(37)21-33)31-17-27(23-41-10-3-26(4-11-41)22-39-25-43)16-28(18-31)24-42-14-7-30(8-15-42)29-5-12-40(13-6-29)9-1-2-35(38)44/h16-21,25-26,29-30H,1-15,22-24H2,(H2,38,44)(H,39,43). The molecule has 3 aliphatic heterocycles. The molecule has 5 rings (SSSR count). The van der Waals surface area contributed by atoms with Crippen LogP contribution in [0.3, 0.4) is 0 Å². The van der Waals surface area contributed by atoms with E-state index in [1.165, 1.54) is 42.4 Å². The van der Waals surface area contributed by atoms with E-state index in [4.69, 9.17) is 28.9 Å². The van der Waals surface area contributed by atoms with Gasteiger partial charge in [-0.25, -0.2) is 0 Å². The first-order chi connectivity index (χ1) is 21.3. The van der Waals surface area contributed by atoms with Crippen LogP contribution in [0.4, 0.5) is 0 Å². The van der Waals surface area contributed by atoms with Gasteiger partial charge in [0.15, 0.2) is 0 Å². The topological polar surface area (TPSA) is 81.9 Å². The molecule has 7 nitrogen and oxygen atoms in total. The summed E-state index contributed by atoms with van der Waals surface area (Å²) in [5.74, 6) is 2.02. The van der Waals surface area contributed by atoms with Gasteiger partial charge in [-0.3, -0.25) is 19.4 Å². The first kappa shape index (κ1) is 33.2. The fraction of sp³-hybridized carbons (Fsp3) is 0.600. The minimum absolute atomic E-state index is 0.190. The maximum Gasteiger partial charge on any atom is 0.217 e. The van der Waals surface area contributed by atoms with Gasteiger partial charge in [0.1, 0.15) is 0 Å². The number of hydrogen-bond donors (Lipinski definition) is 2. The van der Waals surface area contributed by atoms with Crippen molar-refractivity contribution < 1.29 is 9.59 Å². The third-order valence-electron chi connectivity index (χ3n) is 10.1. The number of hydrogen-bond acceptors (Lipinski definition) is 5. The van der Waals surface area contributed by atoms with E-state index in [1.807, 2.05) is 12.1 Å². The smallest absolute Gasteiger partial charge is 0.217 e. The number of rotatable bonds is 13. The molecule has 0 spiro atoms. The highest BCUT2D eigenvalue weighted by molar-refractivity contribution is 6.35. The van der Waals surface area contributed by atoms with Crippen LogP contribution >= 0.6 is 23.2 Å². The molecule has 0 aromatic heterocycles. The van der Waals surface area contributed by atoms with E-state index in [0.717, 1.165) is 109 Å². The van der Waals surface area contributed by atoms with Crippen LogP contribution in [-0.4, -0.2) is 79.4 Å². The molecular formula is C35H49Cl2N5O2. The number of nitrogens with two attached hydrogens (primary N) is 1. The minimum atomic E-state index is -0.190. The first-order valence-corrected chi connectivity index (χ1v) is 17.3. The molecule has 0 saturated carbocycles. The van der Waals surface area contributed by atoms with Gasteiger partial charge in [0, 0.05) is 36.1 Å². The molecule has 44 heavy (non-hydrogen) atoms. The van der Waals surface area contributed by atoms with Crippen LogP contribution < -0.4 is 11.1 Å². The van der Waals surface area contributed by atoms with Crippen molar-refractivity contribution in [2.75, 3.05) is 52.4 Å². The van der Waals surface area contributed by atoms with Crippen LogP contribution in [0.15, 0.2) is 36.4 Å². The second-order valence-corrected chi connectivity index (χ2v) is 14.2. The minimum Gasteiger partial charge on any atom is -0.370 e. The van der Waals surface area contributed by atoms with Gasteiger partial charge >= 0.3 is 0 Å². The summed E-state index contributed by atoms with van der Waals surface area (Å²) in [7, 11) is 0. The third-order valence-corrected chi connectivity index (χ3v) is 10.5. The van der Waals surface area contributed by atoms with E-state index in [-0.39, 0.29) is 5.91 Å². The second kappa shape index (κ2) is 16.4. The molecule has 3 N–H and O–H groups in total. The summed E-state index contributed by atoms with van der Waals surface area (Å²) in [6.07, 6.45) is 9.51. The monoisotopic (exact) mass is 641 g/mol. The van der Waals surface area contributed by atoms with Crippen molar-refractivity contribution in [2.24, 2.45) is 23.5 Å². The van der Waals surface area contributed by atoms with Gasteiger partial charge in [-0.2, -0.15) is 0 Å². The maximum atomic E-state index is 11.1. The zero-order chi connectivity index (χ0) is 30.9. The van der Waals surface area contributed by atoms with Crippen molar-refractivity contribution in [3.63, 3.8) is 0 Å². The molecule has 3 fully saturated rings. The normalized spacial score (nSPS) is 20.1. The van der Waals surface area contributed by atoms with E-state index in [2.05, 4.69) is 38.2 Å². The number of benzene rings is 2. The van der Waals surface area contributed by atoms with Gasteiger partial charge in [0.25, 0.3) is 0 Å². The Kier molecular flexibility index (Phi) is 12.4. The van der Waals surface area contributed by atoms with Crippen molar-refractivity contribution in [2.45, 2.75) is 64.5 Å². The number of carbonyl (C=O) groups excluding carboxylic acids is 2. The van der Waals surface area contributed by atoms with E-state index in [1.54, 1.807) is 6.07 Å². The molecule has 9 heteroatoms. The third kappa shape index (κ3) is 9.92. The zero-order valence-corrected chi connectivity index (χ0v) is 27.5. The van der Waals surface area contributed by atoms with Crippen LogP contribution in [0.1, 0.15) is 62.5 Å². The maximum absolute atomic E-state index is 11.1. The quantitative estimate of drug-likeness (QED) is 0.270. The molecule has 3 heterocycles. The number of primary amides is 1. The van der Waals surface area contributed by atoms with Crippen LogP contribution in [0.5, 0.6) is 0 Å². The van der Waals surface area contributed by atoms with Gasteiger partial charge < -0.3 is 16.0 Å². The van der Waals surface area contributed by atoms with Crippen LogP contribution in [-0.2, 0) is 22.7 Å². The average Bonchev–Trinajstić information content (AvgIpc) is 3.01. The Bertz CT molecular complexity index is 1220. The highest BCUT2D eigenvalue weighted by atomic mass is 35.5. The van der Waals surface area contributed by atoms with E-state index in [9.17, 15) is 9.59 Å². The Labute approximate surface area is 273 Å². The highest BCUT2D eigenvalue weighted by Gasteiger charge is 2.29. The van der Waals surface area contributed by atoms with Crippen molar-refractivity contribution >= 4 is 35.5 Å². The van der Waals surface area contributed by atoms with Gasteiger partial charge in [0.05, 0.1) is 0 Å². The lowest BCUT2D eigenvalue weighted by Crippen LogP contribution is -2.41. The molecule has 3 aliphatic rings. The van der Waals surface area contributed by atoms with Crippen molar-refractivity contribution in [3.8, 4) is 11.1 Å². The summed E-state index contributed by atoms with van der Waals surface area (Å²) in [5, 5.41) is 4.17. The predicted octanol–water partition coefficient (Wildman–Crippen LogP) is 5.81. The lowest BCUT2D eigenvalue weighted by molar-refractivity contribution is -0.118. The van der Waals surface area contributed by atoms with E-state index in [0.29, 0.717) is 22.4 Å². The summed E-state index contributed by atoms with van der Waals surface area (Å²) in [6.45, 7) is 10.4. The molecule has 2 aromatic rings. The van der Waals surface area contributed by atoms with Crippen molar-refractivity contribution in [1.29, 1.82) is 0 Å². The Morgan fingerprint density at radius 1 is 0.750 bits per heavy atom. The molecule has 240 valence electrons. The van der Waals surface area contributed by atoms with Gasteiger partial charge in [-0.1, -0.05) is 29.3 Å². The molecule has 0 atom stereocenters. The number of likely N-dealkylation sites (tertiary alicyclic amines) is 3. The van der Waals surface area contributed by atoms with Crippen molar-refractivity contribution in [1.82, 2.24) is 20.0 Å². The second-order valence-electron chi connectivity index (χ2n) is 13.3. The fourth-order valence-electron chi connectivity index (χ4n) is 7.62. The predicted molar refractivity (Wildman–Crippen MR) is 180 cm³/mol. The Hall–Kier alpha value is -2.16. The lowest BCUT2D eigenvalue weighted by Gasteiger charge is -2.40. The molecule has 3 saturated heterocycles. The fourth-order valence-corrected chi connectivity index (χ4v) is 8.15. The number of nitrogens with zero attached hydrogens (tertiary/aromatic N) is 3. The molecular weight excluding hydrogens is 593 g/mol. The number of nitrogens with one attached hydrogen (secondary N) is 1. The lowest BCUT2D eigenvalue weighted by atomic mass is 9.78. The van der Waals surface area contributed by atoms with Crippen LogP contribution in [0.2, 0.25) is 10.0 Å². The molecule has 0 radical (unpaired) electrons. The zero-order valence-electron chi connectivity index (χ0n) is 26.0. The van der Waals surface area contributed by atoms with E-state index < -0.39 is 0 Å². The van der Waals surface area contributed by atoms with Crippen molar-refractivity contribution in [3.05, 3.63) is 57.6 Å². The Balaban J connectivity index is 1.18. The molecule has 0 bridgehead atoms. The summed E-state index contributed by atoms with van der Waals surface area (Å²) in [6, 6.07) is 12.8. The van der Waals surface area contributed by atoms with Gasteiger partial charge in [-0.05, 0) is 161 Å². The Morgan fingerprint density at radius 3 is 1.77 bits per heavy atom.